The number of nitrogens with zero attached hydrogens (tertiary/aromatic N) is 1. The van der Waals surface area contributed by atoms with Crippen molar-refractivity contribution in [1.82, 2.24) is 0 Å². The van der Waals surface area contributed by atoms with E-state index in [2.05, 4.69) is 18.2 Å². The predicted octanol–water partition coefficient (Wildman–Crippen LogP) is 2.45. The molecule has 0 heterocycles. The molecule has 0 fully saturated rings. The summed E-state index contributed by atoms with van der Waals surface area (Å²) >= 11 is 0. The van der Waals surface area contributed by atoms with Crippen molar-refractivity contribution in [2.45, 2.75) is 51.4 Å². The molecule has 0 aromatic rings. The minimum atomic E-state index is -1.28. The van der Waals surface area contributed by atoms with Crippen LogP contribution >= 0.6 is 0 Å². The van der Waals surface area contributed by atoms with Gasteiger partial charge in [0.05, 0.1) is 0 Å². The molecule has 0 aromatic heterocycles. The largest absolute Gasteiger partial charge is 0.459 e. The average Bonchev–Trinajstić information content (AvgIpc) is 2.45. The number of isocyanates is 1. The molecule has 0 aliphatic rings. The van der Waals surface area contributed by atoms with Crippen molar-refractivity contribution in [3.05, 3.63) is 25.3 Å². The first-order valence-electron chi connectivity index (χ1n) is 6.68. The molecule has 116 valence electrons. The quantitative estimate of drug-likeness (QED) is 0.267. The first-order chi connectivity index (χ1) is 9.90. The van der Waals surface area contributed by atoms with Gasteiger partial charge in [-0.3, -0.25) is 0 Å². The topological polar surface area (TPSA) is 82.0 Å². The highest BCUT2D eigenvalue weighted by atomic mass is 16.6. The summed E-state index contributed by atoms with van der Waals surface area (Å²) < 4.78 is 10.2. The second kappa shape index (κ2) is 9.66. The molecule has 2 unspecified atom stereocenters. The fourth-order valence-corrected chi connectivity index (χ4v) is 1.70. The fraction of sp³-hybridized carbons (Fsp3) is 0.533. The first kappa shape index (κ1) is 18.8. The molecule has 6 nitrogen and oxygen atoms in total. The van der Waals surface area contributed by atoms with Gasteiger partial charge in [-0.05, 0) is 26.2 Å². The number of carbonyl (C=O) groups is 2. The highest BCUT2D eigenvalue weighted by Gasteiger charge is 2.27. The molecule has 0 aliphatic carbocycles. The van der Waals surface area contributed by atoms with E-state index in [1.54, 1.807) is 0 Å². The van der Waals surface area contributed by atoms with E-state index < -0.39 is 17.7 Å². The molecule has 0 bridgehead atoms. The smallest absolute Gasteiger partial charge is 0.332 e. The van der Waals surface area contributed by atoms with Crippen molar-refractivity contribution in [3.63, 3.8) is 0 Å². The summed E-state index contributed by atoms with van der Waals surface area (Å²) in [7, 11) is 0. The fourth-order valence-electron chi connectivity index (χ4n) is 1.70. The van der Waals surface area contributed by atoms with Crippen LogP contribution in [-0.4, -0.2) is 29.8 Å². The molecule has 0 N–H and O–H groups in total. The van der Waals surface area contributed by atoms with Gasteiger partial charge in [-0.15, -0.1) is 0 Å². The van der Waals surface area contributed by atoms with Gasteiger partial charge in [0.15, 0.2) is 0 Å². The Morgan fingerprint density at radius 3 is 2.43 bits per heavy atom. The van der Waals surface area contributed by atoms with Crippen molar-refractivity contribution in [2.75, 3.05) is 0 Å². The van der Waals surface area contributed by atoms with Gasteiger partial charge in [0, 0.05) is 18.6 Å². The molecule has 0 radical (unpaired) electrons. The molecule has 0 rings (SSSR count). The van der Waals surface area contributed by atoms with Crippen LogP contribution in [0.1, 0.15) is 39.5 Å². The van der Waals surface area contributed by atoms with Crippen LogP contribution in [0, 0.1) is 0 Å². The zero-order chi connectivity index (χ0) is 16.3. The minimum Gasteiger partial charge on any atom is -0.459 e. The number of ether oxygens (including phenoxy) is 2. The minimum absolute atomic E-state index is 0.255. The molecular weight excluding hydrogens is 274 g/mol. The van der Waals surface area contributed by atoms with E-state index in [4.69, 9.17) is 9.47 Å². The van der Waals surface area contributed by atoms with Crippen LogP contribution in [0.4, 0.5) is 0 Å². The van der Waals surface area contributed by atoms with Gasteiger partial charge in [-0.25, -0.2) is 14.4 Å². The van der Waals surface area contributed by atoms with Crippen molar-refractivity contribution < 1.29 is 23.9 Å². The highest BCUT2D eigenvalue weighted by Crippen LogP contribution is 2.22. The number of hydrogen-bond acceptors (Lipinski definition) is 6. The molecular formula is C15H21NO5. The Kier molecular flexibility index (Phi) is 8.65. The van der Waals surface area contributed by atoms with Crippen LogP contribution in [0.5, 0.6) is 0 Å². The lowest BCUT2D eigenvalue weighted by Crippen LogP contribution is -2.29. The molecule has 0 aliphatic heterocycles. The zero-order valence-electron chi connectivity index (χ0n) is 12.5. The van der Waals surface area contributed by atoms with Gasteiger partial charge >= 0.3 is 11.9 Å². The standard InChI is InChI=1S/C15H21NO5/c1-5-12(20-13(18)6-2)9-8-10-15(4,16-11-17)21-14(19)7-3/h6-7,12H,2-3,5,8-10H2,1,4H3. The average molecular weight is 295 g/mol. The van der Waals surface area contributed by atoms with Crippen LogP contribution in [0.2, 0.25) is 0 Å². The first-order valence-corrected chi connectivity index (χ1v) is 6.68. The lowest BCUT2D eigenvalue weighted by molar-refractivity contribution is -0.151. The summed E-state index contributed by atoms with van der Waals surface area (Å²) in [6.45, 7) is 10.0. The van der Waals surface area contributed by atoms with Crippen molar-refractivity contribution >= 4 is 18.0 Å². The Bertz CT molecular complexity index is 439. The van der Waals surface area contributed by atoms with Crippen LogP contribution in [0.25, 0.3) is 0 Å². The van der Waals surface area contributed by atoms with Gasteiger partial charge in [-0.2, -0.15) is 4.99 Å². The number of carbonyl (C=O) groups excluding carboxylic acids is 3. The molecule has 0 saturated carbocycles. The van der Waals surface area contributed by atoms with Gasteiger partial charge in [-0.1, -0.05) is 20.1 Å². The van der Waals surface area contributed by atoms with E-state index in [1.807, 2.05) is 6.92 Å². The molecule has 6 heteroatoms. The third-order valence-corrected chi connectivity index (χ3v) is 2.84. The van der Waals surface area contributed by atoms with E-state index in [0.717, 1.165) is 12.2 Å². The number of rotatable bonds is 10. The Labute approximate surface area is 124 Å². The normalized spacial score (nSPS) is 14.0. The molecule has 0 spiro atoms. The molecule has 21 heavy (non-hydrogen) atoms. The van der Waals surface area contributed by atoms with Crippen molar-refractivity contribution in [2.24, 2.45) is 4.99 Å². The summed E-state index contributed by atoms with van der Waals surface area (Å²) in [6, 6.07) is 0. The van der Waals surface area contributed by atoms with Crippen LogP contribution in [0.3, 0.4) is 0 Å². The highest BCUT2D eigenvalue weighted by molar-refractivity contribution is 5.81. The van der Waals surface area contributed by atoms with E-state index >= 15 is 0 Å². The lowest BCUT2D eigenvalue weighted by Gasteiger charge is -2.24. The third kappa shape index (κ3) is 7.84. The molecule has 0 amide bonds. The maximum absolute atomic E-state index is 11.2. The lowest BCUT2D eigenvalue weighted by atomic mass is 10.0. The Morgan fingerprint density at radius 1 is 1.33 bits per heavy atom. The summed E-state index contributed by atoms with van der Waals surface area (Å²) in [4.78, 5) is 36.3. The number of esters is 2. The second-order valence-corrected chi connectivity index (χ2v) is 4.57. The van der Waals surface area contributed by atoms with Gasteiger partial charge in [0.25, 0.3) is 0 Å². The van der Waals surface area contributed by atoms with Crippen LogP contribution in [0.15, 0.2) is 30.3 Å². The zero-order valence-corrected chi connectivity index (χ0v) is 12.5. The Balaban J connectivity index is 4.51. The summed E-state index contributed by atoms with van der Waals surface area (Å²) in [6.07, 6.45) is 5.32. The van der Waals surface area contributed by atoms with Gasteiger partial charge in [0.2, 0.25) is 11.8 Å². The number of hydrogen-bond donors (Lipinski definition) is 0. The van der Waals surface area contributed by atoms with E-state index in [1.165, 1.54) is 13.0 Å². The van der Waals surface area contributed by atoms with Crippen molar-refractivity contribution in [1.29, 1.82) is 0 Å². The Morgan fingerprint density at radius 2 is 1.95 bits per heavy atom. The molecule has 0 aromatic carbocycles. The summed E-state index contributed by atoms with van der Waals surface area (Å²) in [5.74, 6) is -1.14. The SMILES string of the molecule is C=CC(=O)OC(CC)CCCC(C)(N=C=O)OC(=O)C=C. The molecule has 0 saturated heterocycles. The van der Waals surface area contributed by atoms with Crippen molar-refractivity contribution in [3.8, 4) is 0 Å². The van der Waals surface area contributed by atoms with Crippen LogP contribution < -0.4 is 0 Å². The van der Waals surface area contributed by atoms with Crippen LogP contribution in [-0.2, 0) is 23.9 Å². The molecule has 2 atom stereocenters. The Hall–Kier alpha value is -2.20. The van der Waals surface area contributed by atoms with E-state index in [9.17, 15) is 14.4 Å². The summed E-state index contributed by atoms with van der Waals surface area (Å²) in [5, 5.41) is 0. The predicted molar refractivity (Wildman–Crippen MR) is 77.0 cm³/mol. The van der Waals surface area contributed by atoms with E-state index in [0.29, 0.717) is 25.7 Å². The summed E-state index contributed by atoms with van der Waals surface area (Å²) in [5.41, 5.74) is -1.28. The van der Waals surface area contributed by atoms with Gasteiger partial charge in [0.1, 0.15) is 6.10 Å². The maximum atomic E-state index is 11.2. The monoisotopic (exact) mass is 295 g/mol. The van der Waals surface area contributed by atoms with Gasteiger partial charge < -0.3 is 9.47 Å². The maximum Gasteiger partial charge on any atom is 0.332 e. The second-order valence-electron chi connectivity index (χ2n) is 4.57. The third-order valence-electron chi connectivity index (χ3n) is 2.84. The number of aliphatic imine (C=N–C) groups is 1. The van der Waals surface area contributed by atoms with E-state index in [-0.39, 0.29) is 6.10 Å².